The number of rotatable bonds is 5. The molecule has 0 atom stereocenters. The van der Waals surface area contributed by atoms with Crippen LogP contribution in [-0.4, -0.2) is 12.4 Å². The van der Waals surface area contributed by atoms with E-state index in [4.69, 9.17) is 4.74 Å². The molecule has 98 valence electrons. The van der Waals surface area contributed by atoms with Gasteiger partial charge in [-0.15, -0.1) is 0 Å². The molecule has 0 amide bonds. The lowest BCUT2D eigenvalue weighted by atomic mass is 10.1. The Kier molecular flexibility index (Phi) is 4.29. The van der Waals surface area contributed by atoms with E-state index >= 15 is 0 Å². The van der Waals surface area contributed by atoms with E-state index in [0.717, 1.165) is 12.0 Å². The molecule has 0 aliphatic rings. The molecule has 0 aromatic heterocycles. The molecule has 0 heterocycles. The molecule has 0 bridgehead atoms. The maximum absolute atomic E-state index is 13.4. The van der Waals surface area contributed by atoms with Crippen LogP contribution >= 0.6 is 0 Å². The largest absolute Gasteiger partial charge is 0.485 e. The van der Waals surface area contributed by atoms with Gasteiger partial charge >= 0.3 is 0 Å². The van der Waals surface area contributed by atoms with Gasteiger partial charge in [0, 0.05) is 0 Å². The van der Waals surface area contributed by atoms with Gasteiger partial charge in [0.05, 0.1) is 5.56 Å². The second-order valence-corrected chi connectivity index (χ2v) is 4.19. The van der Waals surface area contributed by atoms with Gasteiger partial charge in [0.2, 0.25) is 5.78 Å². The highest BCUT2D eigenvalue weighted by Crippen LogP contribution is 2.15. The summed E-state index contributed by atoms with van der Waals surface area (Å²) in [5, 5.41) is 0. The van der Waals surface area contributed by atoms with Crippen LogP contribution in [0.2, 0.25) is 0 Å². The van der Waals surface area contributed by atoms with Gasteiger partial charge in [-0.3, -0.25) is 4.79 Å². The van der Waals surface area contributed by atoms with Gasteiger partial charge in [-0.2, -0.15) is 0 Å². The Labute approximate surface area is 111 Å². The first-order valence-corrected chi connectivity index (χ1v) is 6.20. The molecule has 2 rings (SSSR count). The van der Waals surface area contributed by atoms with Crippen molar-refractivity contribution in [2.75, 3.05) is 6.61 Å². The second-order valence-electron chi connectivity index (χ2n) is 4.19. The number of benzene rings is 2. The Hall–Kier alpha value is -2.16. The van der Waals surface area contributed by atoms with Gasteiger partial charge in [-0.25, -0.2) is 4.39 Å². The highest BCUT2D eigenvalue weighted by atomic mass is 19.1. The van der Waals surface area contributed by atoms with Crippen molar-refractivity contribution in [2.45, 2.75) is 13.3 Å². The SMILES string of the molecule is CCc1cccc(OCC(=O)c2ccccc2F)c1. The fourth-order valence-electron chi connectivity index (χ4n) is 1.77. The first-order valence-electron chi connectivity index (χ1n) is 6.20. The summed E-state index contributed by atoms with van der Waals surface area (Å²) in [5.74, 6) is -0.248. The quantitative estimate of drug-likeness (QED) is 0.765. The zero-order valence-electron chi connectivity index (χ0n) is 10.7. The van der Waals surface area contributed by atoms with Crippen LogP contribution in [-0.2, 0) is 6.42 Å². The van der Waals surface area contributed by atoms with Crippen molar-refractivity contribution in [2.24, 2.45) is 0 Å². The maximum atomic E-state index is 13.4. The predicted molar refractivity (Wildman–Crippen MR) is 72.0 cm³/mol. The van der Waals surface area contributed by atoms with Crippen LogP contribution in [0.25, 0.3) is 0 Å². The first kappa shape index (κ1) is 13.3. The lowest BCUT2D eigenvalue weighted by Gasteiger charge is -2.07. The molecule has 2 aromatic carbocycles. The zero-order chi connectivity index (χ0) is 13.7. The minimum atomic E-state index is -0.515. The highest BCUT2D eigenvalue weighted by molar-refractivity contribution is 5.97. The molecule has 2 aromatic rings. The smallest absolute Gasteiger partial charge is 0.203 e. The van der Waals surface area contributed by atoms with Crippen LogP contribution in [0.4, 0.5) is 4.39 Å². The average molecular weight is 258 g/mol. The van der Waals surface area contributed by atoms with E-state index in [2.05, 4.69) is 0 Å². The molecule has 0 saturated heterocycles. The van der Waals surface area contributed by atoms with Gasteiger partial charge in [0.15, 0.2) is 6.61 Å². The third kappa shape index (κ3) is 3.41. The molecule has 0 saturated carbocycles. The van der Waals surface area contributed by atoms with Crippen LogP contribution in [0.3, 0.4) is 0 Å². The number of carbonyl (C=O) groups is 1. The molecule has 2 nitrogen and oxygen atoms in total. The third-order valence-electron chi connectivity index (χ3n) is 2.85. The van der Waals surface area contributed by atoms with Crippen molar-refractivity contribution in [3.8, 4) is 5.75 Å². The summed E-state index contributed by atoms with van der Waals surface area (Å²) in [6, 6.07) is 13.5. The first-order chi connectivity index (χ1) is 9.20. The molecule has 3 heteroatoms. The second kappa shape index (κ2) is 6.14. The number of ketones is 1. The van der Waals surface area contributed by atoms with Crippen LogP contribution in [0.5, 0.6) is 5.75 Å². The summed E-state index contributed by atoms with van der Waals surface area (Å²) in [4.78, 5) is 11.8. The van der Waals surface area contributed by atoms with Gasteiger partial charge in [0.25, 0.3) is 0 Å². The number of ether oxygens (including phenoxy) is 1. The standard InChI is InChI=1S/C16H15FO2/c1-2-12-6-5-7-13(10-12)19-11-16(18)14-8-3-4-9-15(14)17/h3-10H,2,11H2,1H3. The van der Waals surface area contributed by atoms with E-state index in [0.29, 0.717) is 5.75 Å². The molecule has 0 unspecified atom stereocenters. The van der Waals surface area contributed by atoms with Gasteiger partial charge in [-0.1, -0.05) is 31.2 Å². The lowest BCUT2D eigenvalue weighted by molar-refractivity contribution is 0.0917. The minimum absolute atomic E-state index is 0.0640. The van der Waals surface area contributed by atoms with E-state index in [1.807, 2.05) is 25.1 Å². The normalized spacial score (nSPS) is 10.2. The van der Waals surface area contributed by atoms with E-state index in [1.165, 1.54) is 12.1 Å². The van der Waals surface area contributed by atoms with E-state index in [-0.39, 0.29) is 18.0 Å². The molecular formula is C16H15FO2. The fourth-order valence-corrected chi connectivity index (χ4v) is 1.77. The van der Waals surface area contributed by atoms with Gasteiger partial charge in [-0.05, 0) is 36.2 Å². The van der Waals surface area contributed by atoms with Crippen LogP contribution in [0.1, 0.15) is 22.8 Å². The molecule has 0 N–H and O–H groups in total. The Balaban J connectivity index is 2.02. The lowest BCUT2D eigenvalue weighted by Crippen LogP contribution is -2.13. The molecule has 0 spiro atoms. The summed E-state index contributed by atoms with van der Waals surface area (Å²) in [6.07, 6.45) is 0.901. The Bertz CT molecular complexity index is 578. The van der Waals surface area contributed by atoms with Crippen molar-refractivity contribution in [1.29, 1.82) is 0 Å². The van der Waals surface area contributed by atoms with Gasteiger partial charge in [0.1, 0.15) is 11.6 Å². The molecule has 0 aliphatic carbocycles. The van der Waals surface area contributed by atoms with Crippen molar-refractivity contribution in [1.82, 2.24) is 0 Å². The van der Waals surface area contributed by atoms with Crippen molar-refractivity contribution < 1.29 is 13.9 Å². The topological polar surface area (TPSA) is 26.3 Å². The third-order valence-corrected chi connectivity index (χ3v) is 2.85. The van der Waals surface area contributed by atoms with E-state index in [1.54, 1.807) is 18.2 Å². The number of hydrogen-bond acceptors (Lipinski definition) is 2. The number of aryl methyl sites for hydroxylation is 1. The minimum Gasteiger partial charge on any atom is -0.485 e. The Morgan fingerprint density at radius 2 is 1.95 bits per heavy atom. The number of hydrogen-bond donors (Lipinski definition) is 0. The summed E-state index contributed by atoms with van der Waals surface area (Å²) in [6.45, 7) is 1.89. The van der Waals surface area contributed by atoms with Crippen LogP contribution in [0.15, 0.2) is 48.5 Å². The highest BCUT2D eigenvalue weighted by Gasteiger charge is 2.11. The average Bonchev–Trinajstić information content (AvgIpc) is 2.45. The predicted octanol–water partition coefficient (Wildman–Crippen LogP) is 3.65. The summed E-state index contributed by atoms with van der Waals surface area (Å²) in [7, 11) is 0. The molecular weight excluding hydrogens is 243 g/mol. The summed E-state index contributed by atoms with van der Waals surface area (Å²) >= 11 is 0. The van der Waals surface area contributed by atoms with Gasteiger partial charge < -0.3 is 4.74 Å². The fraction of sp³-hybridized carbons (Fsp3) is 0.188. The Morgan fingerprint density at radius 3 is 2.68 bits per heavy atom. The molecule has 0 aliphatic heterocycles. The van der Waals surface area contributed by atoms with Crippen molar-refractivity contribution in [3.63, 3.8) is 0 Å². The van der Waals surface area contributed by atoms with Crippen molar-refractivity contribution >= 4 is 5.78 Å². The molecule has 19 heavy (non-hydrogen) atoms. The zero-order valence-corrected chi connectivity index (χ0v) is 10.7. The van der Waals surface area contributed by atoms with E-state index in [9.17, 15) is 9.18 Å². The number of Topliss-reactive ketones (excluding diaryl/α,β-unsaturated/α-hetero) is 1. The Morgan fingerprint density at radius 1 is 1.16 bits per heavy atom. The van der Waals surface area contributed by atoms with E-state index < -0.39 is 5.82 Å². The van der Waals surface area contributed by atoms with Crippen molar-refractivity contribution in [3.05, 3.63) is 65.5 Å². The van der Waals surface area contributed by atoms with Crippen LogP contribution < -0.4 is 4.74 Å². The number of carbonyl (C=O) groups excluding carboxylic acids is 1. The monoisotopic (exact) mass is 258 g/mol. The summed E-state index contributed by atoms with van der Waals surface area (Å²) < 4.78 is 18.8. The summed E-state index contributed by atoms with van der Waals surface area (Å²) in [5.41, 5.74) is 1.20. The number of halogens is 1. The molecule has 0 fully saturated rings. The van der Waals surface area contributed by atoms with Crippen LogP contribution in [0, 0.1) is 5.82 Å². The maximum Gasteiger partial charge on any atom is 0.203 e. The molecule has 0 radical (unpaired) electrons.